The SMILES string of the molecule is Cc1cccc(NC(=O)CN2CCC(C)C2CO)c1. The molecule has 104 valence electrons. The quantitative estimate of drug-likeness (QED) is 0.867. The zero-order valence-corrected chi connectivity index (χ0v) is 11.6. The van der Waals surface area contributed by atoms with Crippen LogP contribution in [0.2, 0.25) is 0 Å². The maximum absolute atomic E-state index is 12.0. The summed E-state index contributed by atoms with van der Waals surface area (Å²) in [6.07, 6.45) is 1.04. The van der Waals surface area contributed by atoms with Crippen LogP contribution in [0.4, 0.5) is 5.69 Å². The first-order valence-corrected chi connectivity index (χ1v) is 6.81. The number of hydrogen-bond donors (Lipinski definition) is 2. The van der Waals surface area contributed by atoms with Gasteiger partial charge in [0.1, 0.15) is 0 Å². The third-order valence-corrected chi connectivity index (χ3v) is 3.83. The number of benzene rings is 1. The maximum Gasteiger partial charge on any atom is 0.238 e. The Kier molecular flexibility index (Phi) is 4.56. The van der Waals surface area contributed by atoms with Crippen LogP contribution in [0, 0.1) is 12.8 Å². The number of nitrogens with zero attached hydrogens (tertiary/aromatic N) is 1. The van der Waals surface area contributed by atoms with E-state index in [9.17, 15) is 9.90 Å². The van der Waals surface area contributed by atoms with Gasteiger partial charge in [-0.15, -0.1) is 0 Å². The number of likely N-dealkylation sites (tertiary alicyclic amines) is 1. The van der Waals surface area contributed by atoms with Crippen molar-refractivity contribution in [1.82, 2.24) is 4.90 Å². The summed E-state index contributed by atoms with van der Waals surface area (Å²) < 4.78 is 0. The van der Waals surface area contributed by atoms with E-state index in [0.717, 1.165) is 24.2 Å². The molecule has 0 aromatic heterocycles. The first kappa shape index (κ1) is 14.0. The van der Waals surface area contributed by atoms with Crippen molar-refractivity contribution in [2.45, 2.75) is 26.3 Å². The molecule has 1 aliphatic heterocycles. The summed E-state index contributed by atoms with van der Waals surface area (Å²) in [6, 6.07) is 7.89. The lowest BCUT2D eigenvalue weighted by Gasteiger charge is -2.24. The van der Waals surface area contributed by atoms with Crippen LogP contribution in [0.3, 0.4) is 0 Å². The maximum atomic E-state index is 12.0. The highest BCUT2D eigenvalue weighted by Crippen LogP contribution is 2.23. The van der Waals surface area contributed by atoms with Gasteiger partial charge in [0, 0.05) is 11.7 Å². The molecule has 0 bridgehead atoms. The number of nitrogens with one attached hydrogen (secondary N) is 1. The first-order chi connectivity index (χ1) is 9.10. The molecular formula is C15H22N2O2. The minimum Gasteiger partial charge on any atom is -0.395 e. The van der Waals surface area contributed by atoms with E-state index in [1.165, 1.54) is 0 Å². The molecule has 0 aliphatic carbocycles. The van der Waals surface area contributed by atoms with Crippen molar-refractivity contribution in [3.8, 4) is 0 Å². The monoisotopic (exact) mass is 262 g/mol. The van der Waals surface area contributed by atoms with Gasteiger partial charge in [-0.25, -0.2) is 0 Å². The molecule has 0 saturated carbocycles. The Morgan fingerprint density at radius 1 is 1.53 bits per heavy atom. The minimum atomic E-state index is -0.0156. The van der Waals surface area contributed by atoms with Gasteiger partial charge in [-0.3, -0.25) is 9.69 Å². The first-order valence-electron chi connectivity index (χ1n) is 6.81. The summed E-state index contributed by atoms with van der Waals surface area (Å²) in [5, 5.41) is 12.3. The number of carbonyl (C=O) groups is 1. The van der Waals surface area contributed by atoms with Crippen LogP contribution in [0.5, 0.6) is 0 Å². The molecular weight excluding hydrogens is 240 g/mol. The average molecular weight is 262 g/mol. The standard InChI is InChI=1S/C15H22N2O2/c1-11-4-3-5-13(8-11)16-15(19)9-17-7-6-12(2)14(17)10-18/h3-5,8,12,14,18H,6-7,9-10H2,1-2H3,(H,16,19). The number of anilines is 1. The normalized spacial score (nSPS) is 23.5. The fourth-order valence-electron chi connectivity index (χ4n) is 2.69. The summed E-state index contributed by atoms with van der Waals surface area (Å²) in [5.41, 5.74) is 1.96. The van der Waals surface area contributed by atoms with Gasteiger partial charge in [0.15, 0.2) is 0 Å². The van der Waals surface area contributed by atoms with Crippen LogP contribution in [-0.2, 0) is 4.79 Å². The Morgan fingerprint density at radius 3 is 3.00 bits per heavy atom. The fourth-order valence-corrected chi connectivity index (χ4v) is 2.69. The molecule has 1 aromatic carbocycles. The smallest absolute Gasteiger partial charge is 0.238 e. The van der Waals surface area contributed by atoms with Crippen molar-refractivity contribution < 1.29 is 9.90 Å². The van der Waals surface area contributed by atoms with Gasteiger partial charge in [-0.2, -0.15) is 0 Å². The van der Waals surface area contributed by atoms with Gasteiger partial charge in [0.05, 0.1) is 13.2 Å². The van der Waals surface area contributed by atoms with Crippen LogP contribution in [0.15, 0.2) is 24.3 Å². The summed E-state index contributed by atoms with van der Waals surface area (Å²) in [6.45, 7) is 5.48. The van der Waals surface area contributed by atoms with Crippen LogP contribution >= 0.6 is 0 Å². The Labute approximate surface area is 114 Å². The molecule has 0 radical (unpaired) electrons. The largest absolute Gasteiger partial charge is 0.395 e. The number of carbonyl (C=O) groups excluding carboxylic acids is 1. The van der Waals surface area contributed by atoms with Crippen molar-refractivity contribution in [3.63, 3.8) is 0 Å². The number of rotatable bonds is 4. The van der Waals surface area contributed by atoms with Crippen LogP contribution in [0.25, 0.3) is 0 Å². The number of amides is 1. The molecule has 1 heterocycles. The number of hydrogen-bond acceptors (Lipinski definition) is 3. The van der Waals surface area contributed by atoms with Crippen LogP contribution in [-0.4, -0.2) is 41.7 Å². The van der Waals surface area contributed by atoms with Gasteiger partial charge >= 0.3 is 0 Å². The zero-order chi connectivity index (χ0) is 13.8. The third-order valence-electron chi connectivity index (χ3n) is 3.83. The van der Waals surface area contributed by atoms with E-state index in [2.05, 4.69) is 17.1 Å². The van der Waals surface area contributed by atoms with E-state index in [1.807, 2.05) is 31.2 Å². The molecule has 2 atom stereocenters. The minimum absolute atomic E-state index is 0.0156. The van der Waals surface area contributed by atoms with Crippen molar-refractivity contribution in [3.05, 3.63) is 29.8 Å². The fraction of sp³-hybridized carbons (Fsp3) is 0.533. The zero-order valence-electron chi connectivity index (χ0n) is 11.6. The van der Waals surface area contributed by atoms with Gasteiger partial charge in [0.25, 0.3) is 0 Å². The Morgan fingerprint density at radius 2 is 2.32 bits per heavy atom. The highest BCUT2D eigenvalue weighted by atomic mass is 16.3. The molecule has 2 rings (SSSR count). The van der Waals surface area contributed by atoms with E-state index in [1.54, 1.807) is 0 Å². The van der Waals surface area contributed by atoms with E-state index >= 15 is 0 Å². The van der Waals surface area contributed by atoms with Crippen molar-refractivity contribution in [2.75, 3.05) is 25.0 Å². The molecule has 19 heavy (non-hydrogen) atoms. The molecule has 4 nitrogen and oxygen atoms in total. The lowest BCUT2D eigenvalue weighted by atomic mass is 10.0. The summed E-state index contributed by atoms with van der Waals surface area (Å²) in [5.74, 6) is 0.440. The number of aliphatic hydroxyl groups excluding tert-OH is 1. The summed E-state index contributed by atoms with van der Waals surface area (Å²) in [4.78, 5) is 14.1. The molecule has 1 amide bonds. The van der Waals surface area contributed by atoms with Gasteiger partial charge in [-0.05, 0) is 43.5 Å². The predicted octanol–water partition coefficient (Wildman–Crippen LogP) is 1.64. The Balaban J connectivity index is 1.91. The number of aliphatic hydroxyl groups is 1. The topological polar surface area (TPSA) is 52.6 Å². The van der Waals surface area contributed by atoms with Gasteiger partial charge in [-0.1, -0.05) is 19.1 Å². The Hall–Kier alpha value is -1.39. The Bertz CT molecular complexity index is 448. The molecule has 1 saturated heterocycles. The average Bonchev–Trinajstić information content (AvgIpc) is 2.69. The molecule has 2 unspecified atom stereocenters. The van der Waals surface area contributed by atoms with E-state index in [0.29, 0.717) is 12.5 Å². The second-order valence-electron chi connectivity index (χ2n) is 5.40. The predicted molar refractivity (Wildman–Crippen MR) is 76.0 cm³/mol. The van der Waals surface area contributed by atoms with Crippen LogP contribution in [0.1, 0.15) is 18.9 Å². The molecule has 1 aromatic rings. The van der Waals surface area contributed by atoms with Gasteiger partial charge < -0.3 is 10.4 Å². The summed E-state index contributed by atoms with van der Waals surface area (Å²) in [7, 11) is 0. The summed E-state index contributed by atoms with van der Waals surface area (Å²) >= 11 is 0. The van der Waals surface area contributed by atoms with Crippen LogP contribution < -0.4 is 5.32 Å². The third kappa shape index (κ3) is 3.55. The molecule has 0 spiro atoms. The van der Waals surface area contributed by atoms with E-state index in [-0.39, 0.29) is 18.6 Å². The molecule has 2 N–H and O–H groups in total. The van der Waals surface area contributed by atoms with Crippen molar-refractivity contribution in [1.29, 1.82) is 0 Å². The van der Waals surface area contributed by atoms with Gasteiger partial charge in [0.2, 0.25) is 5.91 Å². The van der Waals surface area contributed by atoms with E-state index < -0.39 is 0 Å². The number of aryl methyl sites for hydroxylation is 1. The van der Waals surface area contributed by atoms with Crippen molar-refractivity contribution >= 4 is 11.6 Å². The lowest BCUT2D eigenvalue weighted by molar-refractivity contribution is -0.117. The van der Waals surface area contributed by atoms with Crippen molar-refractivity contribution in [2.24, 2.45) is 5.92 Å². The van der Waals surface area contributed by atoms with E-state index in [4.69, 9.17) is 0 Å². The molecule has 4 heteroatoms. The second kappa shape index (κ2) is 6.17. The highest BCUT2D eigenvalue weighted by Gasteiger charge is 2.31. The highest BCUT2D eigenvalue weighted by molar-refractivity contribution is 5.92. The molecule has 1 aliphatic rings. The molecule has 1 fully saturated rings. The lowest BCUT2D eigenvalue weighted by Crippen LogP contribution is -2.40. The second-order valence-corrected chi connectivity index (χ2v) is 5.40.